The summed E-state index contributed by atoms with van der Waals surface area (Å²) >= 11 is 0. The Morgan fingerprint density at radius 3 is 1.15 bits per heavy atom. The van der Waals surface area contributed by atoms with Crippen LogP contribution >= 0.6 is 0 Å². The fourth-order valence-corrected chi connectivity index (χ4v) is 14.4. The van der Waals surface area contributed by atoms with Gasteiger partial charge in [-0.1, -0.05) is 241 Å². The molecule has 107 heavy (non-hydrogen) atoms. The smallest absolute Gasteiger partial charge is 0.338 e. The molecule has 0 bridgehead atoms. The maximum absolute atomic E-state index is 15.2. The highest BCUT2D eigenvalue weighted by atomic mass is 16.8. The normalized spacial score (nSPS) is 25.2. The third-order valence-corrected chi connectivity index (χ3v) is 19.9. The molecular formula is C85H118O22. The Kier molecular flexibility index (Phi) is 36.5. The van der Waals surface area contributed by atoms with Gasteiger partial charge in [-0.25, -0.2) is 19.2 Å². The van der Waals surface area contributed by atoms with E-state index in [4.69, 9.17) is 71.1 Å². The van der Waals surface area contributed by atoms with Gasteiger partial charge >= 0.3 is 41.8 Å². The van der Waals surface area contributed by atoms with E-state index in [-0.39, 0.29) is 34.8 Å². The zero-order chi connectivity index (χ0) is 76.3. The summed E-state index contributed by atoms with van der Waals surface area (Å²) in [5, 5.41) is 0. The Morgan fingerprint density at radius 1 is 0.364 bits per heavy atom. The van der Waals surface area contributed by atoms with Gasteiger partial charge in [0.2, 0.25) is 0 Å². The van der Waals surface area contributed by atoms with Crippen LogP contribution in [0.4, 0.5) is 0 Å². The van der Waals surface area contributed by atoms with Crippen LogP contribution in [0.25, 0.3) is 0 Å². The van der Waals surface area contributed by atoms with Crippen molar-refractivity contribution in [3.63, 3.8) is 0 Å². The van der Waals surface area contributed by atoms with Gasteiger partial charge in [0.25, 0.3) is 0 Å². The van der Waals surface area contributed by atoms with Gasteiger partial charge < -0.3 is 71.1 Å². The van der Waals surface area contributed by atoms with E-state index in [9.17, 15) is 28.8 Å². The molecule has 0 N–H and O–H groups in total. The van der Waals surface area contributed by atoms with Crippen LogP contribution in [0.2, 0.25) is 0 Å². The summed E-state index contributed by atoms with van der Waals surface area (Å²) in [5.41, 5.74) is 0.686. The lowest BCUT2D eigenvalue weighted by Gasteiger charge is -2.50. The number of esters is 7. The molecule has 4 heterocycles. The number of hydrogen-bond donors (Lipinski definition) is 0. The van der Waals surface area contributed by atoms with Crippen LogP contribution in [-0.4, -0.2) is 160 Å². The molecule has 0 aromatic heterocycles. The highest BCUT2D eigenvalue weighted by Gasteiger charge is 2.62. The van der Waals surface area contributed by atoms with E-state index in [2.05, 4.69) is 13.8 Å². The van der Waals surface area contributed by atoms with Crippen molar-refractivity contribution in [3.8, 4) is 0 Å². The number of unbranched alkanes of at least 4 members (excludes halogenated alkanes) is 22. The van der Waals surface area contributed by atoms with Crippen LogP contribution < -0.4 is 0 Å². The van der Waals surface area contributed by atoms with Crippen molar-refractivity contribution in [1.82, 2.24) is 0 Å². The highest BCUT2D eigenvalue weighted by Crippen LogP contribution is 2.43. The summed E-state index contributed by atoms with van der Waals surface area (Å²) in [6.45, 7) is 11.8. The van der Waals surface area contributed by atoms with Crippen LogP contribution in [0.15, 0.2) is 121 Å². The molecule has 4 aromatic rings. The molecule has 22 nitrogen and oxygen atoms in total. The van der Waals surface area contributed by atoms with E-state index in [0.717, 1.165) is 85.0 Å². The monoisotopic (exact) mass is 1490 g/mol. The molecule has 0 radical (unpaired) electrons. The number of fused-ring (bicyclic) bond motifs is 1. The molecule has 0 unspecified atom stereocenters. The van der Waals surface area contributed by atoms with E-state index >= 15 is 4.79 Å². The average Bonchev–Trinajstić information content (AvgIpc) is 1.73. The lowest BCUT2D eigenvalue weighted by molar-refractivity contribution is -0.382. The first-order valence-corrected chi connectivity index (χ1v) is 39.6. The van der Waals surface area contributed by atoms with Gasteiger partial charge in [0.05, 0.1) is 35.0 Å². The van der Waals surface area contributed by atoms with Gasteiger partial charge in [0.15, 0.2) is 55.2 Å². The van der Waals surface area contributed by atoms with Crippen LogP contribution in [0.5, 0.6) is 0 Å². The molecule has 4 aromatic carbocycles. The van der Waals surface area contributed by atoms with Gasteiger partial charge in [-0.3, -0.25) is 14.4 Å². The minimum atomic E-state index is -1.82. The molecule has 590 valence electrons. The summed E-state index contributed by atoms with van der Waals surface area (Å²) in [4.78, 5) is 97.6. The maximum atomic E-state index is 15.2. The first-order valence-electron chi connectivity index (χ1n) is 39.6. The Hall–Kier alpha value is -7.15. The van der Waals surface area contributed by atoms with Crippen LogP contribution in [-0.2, 0) is 85.4 Å². The Balaban J connectivity index is 1.22. The minimum absolute atomic E-state index is 0.0222. The average molecular weight is 1490 g/mol. The zero-order valence-corrected chi connectivity index (χ0v) is 64.3. The second-order valence-corrected chi connectivity index (χ2v) is 29.2. The molecule has 0 saturated carbocycles. The van der Waals surface area contributed by atoms with Crippen molar-refractivity contribution in [2.24, 2.45) is 5.92 Å². The lowest BCUT2D eigenvalue weighted by atomic mass is 9.94. The van der Waals surface area contributed by atoms with Gasteiger partial charge in [-0.2, -0.15) is 0 Å². The standard InChI is InChI=1S/C85H118O22/c1-9-11-13-15-17-19-21-23-25-27-29-35-45-62(46-36-30-28-26-24-22-20-18-16-14-12-10-2)55-95-82-75(102-80(91)65-51-41-33-42-52-65)73(105-83-76(99-61(6)88)72(98-60(5)87)69(58(3)96-83)97-59(4)86)70(67(100-82)56-93-78(89)63-47-37-31-38-48-63)104-84-77(103-81(92)66-53-43-34-44-54-66)74-71(106-85(7,8)107-74)68(101-84)57-94-79(90)64-49-39-32-40-50-64/h31-34,37-44,47-54,58,62,67-77,82-84H,9-30,35-36,45-46,55-57H2,1-8H3/t58-,67+,68+,69+,70+,71-,72+,73-,74-,75+,76-,77+,82+,83-,84-/m0/s1. The van der Waals surface area contributed by atoms with E-state index in [1.54, 1.807) is 135 Å². The number of carbonyl (C=O) groups is 7. The summed E-state index contributed by atoms with van der Waals surface area (Å²) in [7, 11) is 0. The summed E-state index contributed by atoms with van der Waals surface area (Å²) in [6, 6.07) is 33.0. The van der Waals surface area contributed by atoms with Crippen molar-refractivity contribution < 1.29 is 105 Å². The number of benzene rings is 4. The number of carbonyl (C=O) groups excluding carboxylic acids is 7. The zero-order valence-electron chi connectivity index (χ0n) is 64.3. The molecule has 4 fully saturated rings. The van der Waals surface area contributed by atoms with E-state index in [1.165, 1.54) is 110 Å². The summed E-state index contributed by atoms with van der Waals surface area (Å²) in [6.07, 6.45) is 7.14. The number of hydrogen-bond acceptors (Lipinski definition) is 22. The van der Waals surface area contributed by atoms with Gasteiger partial charge in [-0.15, -0.1) is 0 Å². The fourth-order valence-electron chi connectivity index (χ4n) is 14.4. The van der Waals surface area contributed by atoms with Crippen LogP contribution in [0.1, 0.15) is 264 Å². The predicted octanol–water partition coefficient (Wildman–Crippen LogP) is 16.2. The second-order valence-electron chi connectivity index (χ2n) is 29.2. The van der Waals surface area contributed by atoms with E-state index in [1.807, 2.05) is 0 Å². The minimum Gasteiger partial charge on any atom is -0.459 e. The molecule has 15 atom stereocenters. The highest BCUT2D eigenvalue weighted by molar-refractivity contribution is 5.91. The Bertz CT molecular complexity index is 3240. The molecule has 0 spiro atoms. The molecule has 4 saturated heterocycles. The largest absolute Gasteiger partial charge is 0.459 e. The van der Waals surface area contributed by atoms with Gasteiger partial charge in [0.1, 0.15) is 49.8 Å². The number of ether oxygens (including phenoxy) is 15. The van der Waals surface area contributed by atoms with E-state index < -0.39 is 153 Å². The van der Waals surface area contributed by atoms with Crippen molar-refractivity contribution in [1.29, 1.82) is 0 Å². The molecule has 0 aliphatic carbocycles. The lowest BCUT2D eigenvalue weighted by Crippen LogP contribution is -2.68. The van der Waals surface area contributed by atoms with Crippen LogP contribution in [0.3, 0.4) is 0 Å². The molecule has 22 heteroatoms. The summed E-state index contributed by atoms with van der Waals surface area (Å²) in [5.74, 6) is -7.06. The molecule has 4 aliphatic rings. The third-order valence-electron chi connectivity index (χ3n) is 19.9. The second kappa shape index (κ2) is 45.7. The van der Waals surface area contributed by atoms with E-state index in [0.29, 0.717) is 0 Å². The third kappa shape index (κ3) is 28.0. The molecule has 8 rings (SSSR count). The molecule has 0 amide bonds. The first-order chi connectivity index (χ1) is 51.8. The first kappa shape index (κ1) is 85.5. The SMILES string of the molecule is CCCCCCCCCCCCCCC(CCCCCCCCCCCCCC)CO[C@@H]1O[C@H](COC(=O)c2ccccc2)[C@@H](O[C@@H]2O[C@H](COC(=O)c3ccccc3)[C@@H]3OC(C)(C)O[C@@H]3[C@H]2OC(=O)c2ccccc2)[C@H](O[C@@H]2O[C@@H](C)[C@@H](OC(C)=O)[C@@H](OC(C)=O)[C@@H]2OC(C)=O)[C@H]1OC(=O)c1ccccc1. The predicted molar refractivity (Wildman–Crippen MR) is 397 cm³/mol. The molecular weight excluding hydrogens is 1370 g/mol. The maximum Gasteiger partial charge on any atom is 0.338 e. The number of rotatable bonds is 46. The topological polar surface area (TPSA) is 258 Å². The quantitative estimate of drug-likeness (QED) is 0.0226. The van der Waals surface area contributed by atoms with Gasteiger partial charge in [0, 0.05) is 20.8 Å². The Morgan fingerprint density at radius 2 is 0.710 bits per heavy atom. The Labute approximate surface area is 633 Å². The van der Waals surface area contributed by atoms with Crippen LogP contribution in [0, 0.1) is 5.92 Å². The van der Waals surface area contributed by atoms with Crippen molar-refractivity contribution in [2.75, 3.05) is 19.8 Å². The van der Waals surface area contributed by atoms with Crippen molar-refractivity contribution >= 4 is 41.8 Å². The van der Waals surface area contributed by atoms with Gasteiger partial charge in [-0.05, 0) is 88.1 Å². The summed E-state index contributed by atoms with van der Waals surface area (Å²) < 4.78 is 98.8. The fraction of sp³-hybridized carbons (Fsp3) is 0.635. The molecule has 4 aliphatic heterocycles. The van der Waals surface area contributed by atoms with Crippen molar-refractivity contribution in [3.05, 3.63) is 144 Å². The van der Waals surface area contributed by atoms with Crippen molar-refractivity contribution in [2.45, 2.75) is 320 Å².